The number of hydrogen-bond acceptors (Lipinski definition) is 5. The second-order valence-corrected chi connectivity index (χ2v) is 8.83. The lowest BCUT2D eigenvalue weighted by atomic mass is 10.1. The molecule has 6 nitrogen and oxygen atoms in total. The summed E-state index contributed by atoms with van der Waals surface area (Å²) >= 11 is 3.34. The summed E-state index contributed by atoms with van der Waals surface area (Å²) in [5.41, 5.74) is 0.780. The van der Waals surface area contributed by atoms with Crippen LogP contribution in [0.2, 0.25) is 0 Å². The topological polar surface area (TPSA) is 72.9 Å². The highest BCUT2D eigenvalue weighted by molar-refractivity contribution is 9.10. The molecule has 152 valence electrons. The molecule has 0 bridgehead atoms. The molecule has 0 aliphatic carbocycles. The van der Waals surface area contributed by atoms with Crippen LogP contribution in [-0.2, 0) is 14.8 Å². The standard InChI is InChI=1S/C20H24BrNO5S/c1-4-22(5-2)28(24,25)19-14-16(7-6-15(19)3)20(23)27-13-12-26-18-10-8-17(21)9-11-18/h6-11,14H,4-5,12-13H2,1-3H3. The van der Waals surface area contributed by atoms with E-state index in [1.807, 2.05) is 12.1 Å². The molecule has 0 aromatic heterocycles. The van der Waals surface area contributed by atoms with E-state index in [0.717, 1.165) is 4.47 Å². The lowest BCUT2D eigenvalue weighted by Gasteiger charge is -2.20. The molecule has 0 saturated heterocycles. The van der Waals surface area contributed by atoms with E-state index in [1.54, 1.807) is 45.0 Å². The number of benzene rings is 2. The third-order valence-electron chi connectivity index (χ3n) is 4.15. The van der Waals surface area contributed by atoms with Crippen molar-refractivity contribution in [2.45, 2.75) is 25.7 Å². The quantitative estimate of drug-likeness (QED) is 0.409. The zero-order valence-electron chi connectivity index (χ0n) is 16.1. The molecule has 0 atom stereocenters. The van der Waals surface area contributed by atoms with Crippen molar-refractivity contribution in [2.75, 3.05) is 26.3 Å². The van der Waals surface area contributed by atoms with Gasteiger partial charge in [-0.1, -0.05) is 35.8 Å². The van der Waals surface area contributed by atoms with Gasteiger partial charge in [0, 0.05) is 17.6 Å². The van der Waals surface area contributed by atoms with Crippen LogP contribution in [-0.4, -0.2) is 45.0 Å². The van der Waals surface area contributed by atoms with Gasteiger partial charge in [0.1, 0.15) is 19.0 Å². The van der Waals surface area contributed by atoms with Crippen molar-refractivity contribution in [3.05, 3.63) is 58.1 Å². The zero-order chi connectivity index (χ0) is 20.7. The van der Waals surface area contributed by atoms with Gasteiger partial charge in [-0.25, -0.2) is 13.2 Å². The highest BCUT2D eigenvalue weighted by Gasteiger charge is 2.25. The lowest BCUT2D eigenvalue weighted by molar-refractivity contribution is 0.0450. The normalized spacial score (nSPS) is 11.5. The summed E-state index contributed by atoms with van der Waals surface area (Å²) < 4.78 is 38.6. The zero-order valence-corrected chi connectivity index (χ0v) is 18.5. The molecule has 0 spiro atoms. The third-order valence-corrected chi connectivity index (χ3v) is 6.87. The maximum absolute atomic E-state index is 12.8. The number of rotatable bonds is 9. The molecule has 0 saturated carbocycles. The van der Waals surface area contributed by atoms with Crippen LogP contribution in [0.25, 0.3) is 0 Å². The maximum atomic E-state index is 12.8. The third kappa shape index (κ3) is 5.56. The van der Waals surface area contributed by atoms with Crippen molar-refractivity contribution in [3.63, 3.8) is 0 Å². The summed E-state index contributed by atoms with van der Waals surface area (Å²) in [7, 11) is -3.66. The molecular formula is C20H24BrNO5S. The van der Waals surface area contributed by atoms with Crippen molar-refractivity contribution in [1.29, 1.82) is 0 Å². The molecular weight excluding hydrogens is 446 g/mol. The van der Waals surface area contributed by atoms with Gasteiger partial charge < -0.3 is 9.47 Å². The molecule has 0 radical (unpaired) electrons. The molecule has 8 heteroatoms. The first kappa shape index (κ1) is 22.4. The van der Waals surface area contributed by atoms with Crippen LogP contribution in [0.15, 0.2) is 51.8 Å². The van der Waals surface area contributed by atoms with Crippen LogP contribution in [0.5, 0.6) is 5.75 Å². The Morgan fingerprint density at radius 1 is 1.04 bits per heavy atom. The van der Waals surface area contributed by atoms with E-state index in [9.17, 15) is 13.2 Å². The van der Waals surface area contributed by atoms with Gasteiger partial charge in [-0.15, -0.1) is 0 Å². The summed E-state index contributed by atoms with van der Waals surface area (Å²) in [6, 6.07) is 11.9. The van der Waals surface area contributed by atoms with Crippen LogP contribution < -0.4 is 4.74 Å². The van der Waals surface area contributed by atoms with Gasteiger partial charge >= 0.3 is 5.97 Å². The van der Waals surface area contributed by atoms with Gasteiger partial charge in [-0.05, 0) is 48.9 Å². The first-order valence-corrected chi connectivity index (χ1v) is 11.2. The molecule has 0 heterocycles. The van der Waals surface area contributed by atoms with Gasteiger partial charge in [0.15, 0.2) is 0 Å². The Morgan fingerprint density at radius 3 is 2.29 bits per heavy atom. The number of esters is 1. The minimum absolute atomic E-state index is 0.0565. The molecule has 2 aromatic rings. The number of halogens is 1. The van der Waals surface area contributed by atoms with Crippen molar-refractivity contribution in [2.24, 2.45) is 0 Å². The van der Waals surface area contributed by atoms with E-state index < -0.39 is 16.0 Å². The molecule has 0 amide bonds. The fourth-order valence-corrected chi connectivity index (χ4v) is 4.59. The summed E-state index contributed by atoms with van der Waals surface area (Å²) in [5.74, 6) is 0.0811. The second kappa shape index (κ2) is 10.0. The van der Waals surface area contributed by atoms with Crippen molar-refractivity contribution >= 4 is 31.9 Å². The highest BCUT2D eigenvalue weighted by Crippen LogP contribution is 2.22. The molecule has 0 aliphatic heterocycles. The Morgan fingerprint density at radius 2 is 1.68 bits per heavy atom. The van der Waals surface area contributed by atoms with Gasteiger partial charge in [0.25, 0.3) is 0 Å². The second-order valence-electron chi connectivity index (χ2n) is 6.01. The Hall–Kier alpha value is -1.90. The Balaban J connectivity index is 2.02. The Bertz CT molecular complexity index is 909. The summed E-state index contributed by atoms with van der Waals surface area (Å²) in [5, 5.41) is 0. The largest absolute Gasteiger partial charge is 0.490 e. The highest BCUT2D eigenvalue weighted by atomic mass is 79.9. The molecule has 0 aliphatic rings. The minimum Gasteiger partial charge on any atom is -0.490 e. The fraction of sp³-hybridized carbons (Fsp3) is 0.350. The predicted octanol–water partition coefficient (Wildman–Crippen LogP) is 4.02. The smallest absolute Gasteiger partial charge is 0.338 e. The van der Waals surface area contributed by atoms with E-state index >= 15 is 0 Å². The summed E-state index contributed by atoms with van der Waals surface area (Å²) in [6.45, 7) is 6.24. The van der Waals surface area contributed by atoms with Crippen LogP contribution in [0, 0.1) is 6.92 Å². The van der Waals surface area contributed by atoms with E-state index in [4.69, 9.17) is 9.47 Å². The number of carbonyl (C=O) groups is 1. The number of sulfonamides is 1. The maximum Gasteiger partial charge on any atom is 0.338 e. The fourth-order valence-electron chi connectivity index (χ4n) is 2.62. The van der Waals surface area contributed by atoms with Gasteiger partial charge in [-0.3, -0.25) is 0 Å². The number of carbonyl (C=O) groups excluding carboxylic acids is 1. The van der Waals surface area contributed by atoms with Gasteiger partial charge in [-0.2, -0.15) is 4.31 Å². The van der Waals surface area contributed by atoms with E-state index in [2.05, 4.69) is 15.9 Å². The average molecular weight is 470 g/mol. The molecule has 28 heavy (non-hydrogen) atoms. The SMILES string of the molecule is CCN(CC)S(=O)(=O)c1cc(C(=O)OCCOc2ccc(Br)cc2)ccc1C. The summed E-state index contributed by atoms with van der Waals surface area (Å²) in [6.07, 6.45) is 0. The Kier molecular flexibility index (Phi) is 8.03. The van der Waals surface area contributed by atoms with Crippen molar-refractivity contribution < 1.29 is 22.7 Å². The minimum atomic E-state index is -3.66. The van der Waals surface area contributed by atoms with E-state index in [1.165, 1.54) is 10.4 Å². The monoisotopic (exact) mass is 469 g/mol. The number of aryl methyl sites for hydroxylation is 1. The van der Waals surface area contributed by atoms with Crippen LogP contribution >= 0.6 is 15.9 Å². The number of nitrogens with zero attached hydrogens (tertiary/aromatic N) is 1. The van der Waals surface area contributed by atoms with Crippen LogP contribution in [0.1, 0.15) is 29.8 Å². The van der Waals surface area contributed by atoms with Crippen LogP contribution in [0.3, 0.4) is 0 Å². The molecule has 2 aromatic carbocycles. The van der Waals surface area contributed by atoms with Crippen molar-refractivity contribution in [1.82, 2.24) is 4.31 Å². The van der Waals surface area contributed by atoms with Gasteiger partial charge in [0.2, 0.25) is 10.0 Å². The predicted molar refractivity (Wildman–Crippen MR) is 111 cm³/mol. The number of hydrogen-bond donors (Lipinski definition) is 0. The van der Waals surface area contributed by atoms with E-state index in [0.29, 0.717) is 24.4 Å². The molecule has 0 fully saturated rings. The number of ether oxygens (including phenoxy) is 2. The molecule has 0 N–H and O–H groups in total. The van der Waals surface area contributed by atoms with Gasteiger partial charge in [0.05, 0.1) is 10.5 Å². The Labute approximate surface area is 174 Å². The van der Waals surface area contributed by atoms with E-state index in [-0.39, 0.29) is 23.7 Å². The first-order chi connectivity index (χ1) is 13.3. The molecule has 2 rings (SSSR count). The lowest BCUT2D eigenvalue weighted by Crippen LogP contribution is -2.31. The van der Waals surface area contributed by atoms with Crippen molar-refractivity contribution in [3.8, 4) is 5.75 Å². The summed E-state index contributed by atoms with van der Waals surface area (Å²) in [4.78, 5) is 12.4. The average Bonchev–Trinajstić information content (AvgIpc) is 2.67. The van der Waals surface area contributed by atoms with Crippen LogP contribution in [0.4, 0.5) is 0 Å². The molecule has 0 unspecified atom stereocenters. The first-order valence-electron chi connectivity index (χ1n) is 8.95.